The minimum Gasteiger partial charge on any atom is -0.464 e. The van der Waals surface area contributed by atoms with Crippen LogP contribution in [-0.4, -0.2) is 22.9 Å². The van der Waals surface area contributed by atoms with Crippen LogP contribution < -0.4 is 0 Å². The molecule has 0 radical (unpaired) electrons. The van der Waals surface area contributed by atoms with Crippen molar-refractivity contribution in [2.24, 2.45) is 7.05 Å². The molecule has 0 N–H and O–H groups in total. The average molecular weight is 308 g/mol. The lowest BCUT2D eigenvalue weighted by atomic mass is 10.2. The van der Waals surface area contributed by atoms with E-state index in [2.05, 4.69) is 39.4 Å². The highest BCUT2D eigenvalue weighted by Gasteiger charge is 2.19. The smallest absolute Gasteiger partial charge is 0.359 e. The van der Waals surface area contributed by atoms with Gasteiger partial charge < -0.3 is 4.74 Å². The molecule has 0 fully saturated rings. The van der Waals surface area contributed by atoms with Gasteiger partial charge in [-0.25, -0.2) is 4.79 Å². The summed E-state index contributed by atoms with van der Waals surface area (Å²) in [6.45, 7) is 2.10. The van der Waals surface area contributed by atoms with Gasteiger partial charge in [-0.2, -0.15) is 5.10 Å². The first-order valence-electron chi connectivity index (χ1n) is 4.41. The van der Waals surface area contributed by atoms with Crippen molar-refractivity contribution < 1.29 is 9.53 Å². The molecule has 14 heavy (non-hydrogen) atoms. The number of aryl methyl sites for hydroxylation is 1. The van der Waals surface area contributed by atoms with Crippen molar-refractivity contribution in [3.63, 3.8) is 0 Å². The molecule has 5 heteroatoms. The summed E-state index contributed by atoms with van der Waals surface area (Å²) >= 11 is 2.14. The molecule has 0 spiro atoms. The predicted molar refractivity (Wildman–Crippen MR) is 61.3 cm³/mol. The van der Waals surface area contributed by atoms with E-state index >= 15 is 0 Å². The molecule has 78 valence electrons. The lowest BCUT2D eigenvalue weighted by Gasteiger charge is -1.98. The zero-order valence-corrected chi connectivity index (χ0v) is 10.7. The first kappa shape index (κ1) is 11.5. The summed E-state index contributed by atoms with van der Waals surface area (Å²) in [5.74, 6) is -0.368. The Morgan fingerprint density at radius 3 is 2.79 bits per heavy atom. The third kappa shape index (κ3) is 2.08. The van der Waals surface area contributed by atoms with Crippen LogP contribution in [0.5, 0.6) is 0 Å². The molecule has 0 aromatic carbocycles. The van der Waals surface area contributed by atoms with Crippen LogP contribution in [0.25, 0.3) is 0 Å². The highest BCUT2D eigenvalue weighted by atomic mass is 127. The van der Waals surface area contributed by atoms with Gasteiger partial charge in [-0.05, 0) is 29.0 Å². The molecule has 4 nitrogen and oxygen atoms in total. The van der Waals surface area contributed by atoms with E-state index in [-0.39, 0.29) is 5.97 Å². The van der Waals surface area contributed by atoms with Gasteiger partial charge in [0.1, 0.15) is 0 Å². The molecule has 0 amide bonds. The van der Waals surface area contributed by atoms with Crippen molar-refractivity contribution in [2.75, 3.05) is 7.11 Å². The van der Waals surface area contributed by atoms with Gasteiger partial charge in [0.05, 0.1) is 16.4 Å². The van der Waals surface area contributed by atoms with Crippen molar-refractivity contribution in [2.45, 2.75) is 19.8 Å². The number of ether oxygens (including phenoxy) is 1. The molecule has 0 saturated heterocycles. The highest BCUT2D eigenvalue weighted by Crippen LogP contribution is 2.18. The molecule has 0 unspecified atom stereocenters. The molecule has 0 aliphatic carbocycles. The van der Waals surface area contributed by atoms with Crippen LogP contribution in [0.15, 0.2) is 0 Å². The summed E-state index contributed by atoms with van der Waals surface area (Å²) in [5.41, 5.74) is 1.51. The Bertz CT molecular complexity index is 347. The van der Waals surface area contributed by atoms with Crippen molar-refractivity contribution in [3.8, 4) is 0 Å². The summed E-state index contributed by atoms with van der Waals surface area (Å²) in [6, 6.07) is 0. The van der Waals surface area contributed by atoms with Crippen LogP contribution in [0, 0.1) is 3.57 Å². The van der Waals surface area contributed by atoms with E-state index in [1.165, 1.54) is 7.11 Å². The Morgan fingerprint density at radius 1 is 1.64 bits per heavy atom. The van der Waals surface area contributed by atoms with Crippen molar-refractivity contribution in [1.82, 2.24) is 9.78 Å². The Balaban J connectivity index is 3.10. The van der Waals surface area contributed by atoms with Crippen molar-refractivity contribution in [1.29, 1.82) is 0 Å². The molecule has 0 aliphatic rings. The maximum absolute atomic E-state index is 11.3. The SMILES string of the molecule is CCCc1c(I)c(C(=O)OC)nn1C. The number of halogens is 1. The Morgan fingerprint density at radius 2 is 2.29 bits per heavy atom. The fraction of sp³-hybridized carbons (Fsp3) is 0.556. The Kier molecular flexibility index (Phi) is 3.91. The largest absolute Gasteiger partial charge is 0.464 e. The molecule has 1 rings (SSSR count). The van der Waals surface area contributed by atoms with Crippen LogP contribution in [0.4, 0.5) is 0 Å². The summed E-state index contributed by atoms with van der Waals surface area (Å²) in [5, 5.41) is 4.13. The lowest BCUT2D eigenvalue weighted by molar-refractivity contribution is 0.0592. The van der Waals surface area contributed by atoms with Crippen LogP contribution in [0.1, 0.15) is 29.5 Å². The molecular formula is C9H13IN2O2. The summed E-state index contributed by atoms with van der Waals surface area (Å²) in [6.07, 6.45) is 1.97. The number of aromatic nitrogens is 2. The maximum Gasteiger partial charge on any atom is 0.359 e. The summed E-state index contributed by atoms with van der Waals surface area (Å²) in [4.78, 5) is 11.3. The van der Waals surface area contributed by atoms with Crippen LogP contribution >= 0.6 is 22.6 Å². The van der Waals surface area contributed by atoms with Crippen LogP contribution in [0.2, 0.25) is 0 Å². The second kappa shape index (κ2) is 4.77. The highest BCUT2D eigenvalue weighted by molar-refractivity contribution is 14.1. The Labute approximate surface area is 96.8 Å². The minimum atomic E-state index is -0.368. The second-order valence-electron chi connectivity index (χ2n) is 2.97. The molecule has 1 aromatic rings. The third-order valence-corrected chi connectivity index (χ3v) is 3.10. The number of carbonyl (C=O) groups is 1. The third-order valence-electron chi connectivity index (χ3n) is 1.97. The molecule has 0 atom stereocenters. The molecular weight excluding hydrogens is 295 g/mol. The molecule has 0 aliphatic heterocycles. The van der Waals surface area contributed by atoms with E-state index in [1.54, 1.807) is 4.68 Å². The Hall–Kier alpha value is -0.590. The molecule has 0 saturated carbocycles. The molecule has 1 heterocycles. The fourth-order valence-corrected chi connectivity index (χ4v) is 2.22. The quantitative estimate of drug-likeness (QED) is 0.631. The first-order chi connectivity index (χ1) is 6.61. The number of nitrogens with zero attached hydrogens (tertiary/aromatic N) is 2. The van der Waals surface area contributed by atoms with Gasteiger partial charge >= 0.3 is 5.97 Å². The number of carbonyl (C=O) groups excluding carboxylic acids is 1. The van der Waals surface area contributed by atoms with E-state index in [4.69, 9.17) is 0 Å². The first-order valence-corrected chi connectivity index (χ1v) is 5.49. The van der Waals surface area contributed by atoms with Gasteiger partial charge in [0.2, 0.25) is 0 Å². The summed E-state index contributed by atoms with van der Waals surface area (Å²) < 4.78 is 7.29. The van der Waals surface area contributed by atoms with Gasteiger partial charge in [-0.3, -0.25) is 4.68 Å². The van der Waals surface area contributed by atoms with Gasteiger partial charge in [0, 0.05) is 7.05 Å². The normalized spacial score (nSPS) is 10.3. The van der Waals surface area contributed by atoms with E-state index in [1.807, 2.05) is 7.05 Å². The summed E-state index contributed by atoms with van der Waals surface area (Å²) in [7, 11) is 3.21. The monoisotopic (exact) mass is 308 g/mol. The number of methoxy groups -OCH3 is 1. The number of hydrogen-bond acceptors (Lipinski definition) is 3. The van der Waals surface area contributed by atoms with E-state index in [9.17, 15) is 4.79 Å². The van der Waals surface area contributed by atoms with Crippen LogP contribution in [-0.2, 0) is 18.2 Å². The average Bonchev–Trinajstić information content (AvgIpc) is 2.45. The number of esters is 1. The van der Waals surface area contributed by atoms with Gasteiger partial charge in [-0.1, -0.05) is 13.3 Å². The van der Waals surface area contributed by atoms with Crippen LogP contribution in [0.3, 0.4) is 0 Å². The topological polar surface area (TPSA) is 44.1 Å². The lowest BCUT2D eigenvalue weighted by Crippen LogP contribution is -2.04. The maximum atomic E-state index is 11.3. The number of hydrogen-bond donors (Lipinski definition) is 0. The standard InChI is InChI=1S/C9H13IN2O2/c1-4-5-6-7(10)8(9(13)14-3)11-12(6)2/h4-5H2,1-3H3. The fourth-order valence-electron chi connectivity index (χ4n) is 1.27. The second-order valence-corrected chi connectivity index (χ2v) is 4.05. The van der Waals surface area contributed by atoms with Gasteiger partial charge in [-0.15, -0.1) is 0 Å². The minimum absolute atomic E-state index is 0.368. The predicted octanol–water partition coefficient (Wildman–Crippen LogP) is 1.76. The van der Waals surface area contributed by atoms with Crippen molar-refractivity contribution in [3.05, 3.63) is 15.0 Å². The number of rotatable bonds is 3. The van der Waals surface area contributed by atoms with E-state index in [0.29, 0.717) is 5.69 Å². The van der Waals surface area contributed by atoms with Gasteiger partial charge in [0.25, 0.3) is 0 Å². The van der Waals surface area contributed by atoms with E-state index < -0.39 is 0 Å². The zero-order valence-electron chi connectivity index (χ0n) is 8.50. The van der Waals surface area contributed by atoms with Crippen molar-refractivity contribution >= 4 is 28.6 Å². The molecule has 1 aromatic heterocycles. The van der Waals surface area contributed by atoms with E-state index in [0.717, 1.165) is 22.1 Å². The van der Waals surface area contributed by atoms with Gasteiger partial charge in [0.15, 0.2) is 5.69 Å². The molecule has 0 bridgehead atoms. The zero-order chi connectivity index (χ0) is 10.7.